The van der Waals surface area contributed by atoms with Gasteiger partial charge in [-0.15, -0.1) is 0 Å². The smallest absolute Gasteiger partial charge is 0.133 e. The zero-order chi connectivity index (χ0) is 19.6. The first kappa shape index (κ1) is 20.3. The number of nitriles is 2. The van der Waals surface area contributed by atoms with Crippen molar-refractivity contribution in [2.75, 3.05) is 21.2 Å². The van der Waals surface area contributed by atoms with Crippen LogP contribution in [0.3, 0.4) is 0 Å². The van der Waals surface area contributed by atoms with E-state index in [1.807, 2.05) is 74.8 Å². The third-order valence-corrected chi connectivity index (χ3v) is 4.50. The van der Waals surface area contributed by atoms with E-state index < -0.39 is 5.92 Å². The van der Waals surface area contributed by atoms with Crippen LogP contribution in [0.5, 0.6) is 11.5 Å². The van der Waals surface area contributed by atoms with Crippen molar-refractivity contribution in [1.29, 1.82) is 10.5 Å². The van der Waals surface area contributed by atoms with E-state index >= 15 is 0 Å². The van der Waals surface area contributed by atoms with E-state index in [4.69, 9.17) is 20.0 Å². The van der Waals surface area contributed by atoms with Gasteiger partial charge in [0.15, 0.2) is 0 Å². The van der Waals surface area contributed by atoms with Gasteiger partial charge in [-0.2, -0.15) is 10.5 Å². The van der Waals surface area contributed by atoms with Crippen molar-refractivity contribution in [1.82, 2.24) is 4.90 Å². The van der Waals surface area contributed by atoms with Crippen molar-refractivity contribution in [3.63, 3.8) is 0 Å². The molecule has 5 nitrogen and oxygen atoms in total. The second-order valence-corrected chi connectivity index (χ2v) is 6.54. The van der Waals surface area contributed by atoms with E-state index in [-0.39, 0.29) is 6.04 Å². The fourth-order valence-electron chi connectivity index (χ4n) is 2.94. The molecule has 1 atom stereocenters. The molecule has 0 amide bonds. The maximum absolute atomic E-state index is 9.03. The van der Waals surface area contributed by atoms with Gasteiger partial charge >= 0.3 is 0 Å². The summed E-state index contributed by atoms with van der Waals surface area (Å²) in [4.78, 5) is 2.10. The van der Waals surface area contributed by atoms with Gasteiger partial charge < -0.3 is 14.4 Å². The molecule has 0 aromatic heterocycles. The van der Waals surface area contributed by atoms with Crippen LogP contribution in [-0.2, 0) is 6.61 Å². The van der Waals surface area contributed by atoms with E-state index in [1.54, 1.807) is 7.11 Å². The molecular weight excluding hydrogens is 338 g/mol. The summed E-state index contributed by atoms with van der Waals surface area (Å²) in [6.07, 6.45) is 1.24. The molecule has 0 saturated heterocycles. The first-order chi connectivity index (χ1) is 13.1. The van der Waals surface area contributed by atoms with Gasteiger partial charge in [0.25, 0.3) is 0 Å². The largest absolute Gasteiger partial charge is 0.497 e. The third kappa shape index (κ3) is 5.74. The number of hydrogen-bond donors (Lipinski definition) is 0. The van der Waals surface area contributed by atoms with Gasteiger partial charge in [0.2, 0.25) is 0 Å². The lowest BCUT2D eigenvalue weighted by Crippen LogP contribution is -2.21. The highest BCUT2D eigenvalue weighted by molar-refractivity contribution is 5.36. The molecule has 0 aliphatic carbocycles. The summed E-state index contributed by atoms with van der Waals surface area (Å²) in [6, 6.07) is 19.9. The molecule has 0 bridgehead atoms. The van der Waals surface area contributed by atoms with Crippen LogP contribution < -0.4 is 9.47 Å². The minimum atomic E-state index is -0.583. The topological polar surface area (TPSA) is 69.3 Å². The van der Waals surface area contributed by atoms with Crippen LogP contribution in [0.15, 0.2) is 48.5 Å². The van der Waals surface area contributed by atoms with Crippen LogP contribution in [0.25, 0.3) is 0 Å². The van der Waals surface area contributed by atoms with Crippen LogP contribution in [-0.4, -0.2) is 26.1 Å². The maximum atomic E-state index is 9.03. The second kappa shape index (κ2) is 10.2. The SMILES string of the molecule is COc1ccc(COc2ccccc2C(CCC(C#N)C#N)N(C)C)cc1. The minimum absolute atomic E-state index is 0.0706. The fraction of sp³-hybridized carbons (Fsp3) is 0.364. The molecule has 0 radical (unpaired) electrons. The lowest BCUT2D eigenvalue weighted by molar-refractivity contribution is 0.253. The average Bonchev–Trinajstić information content (AvgIpc) is 2.70. The van der Waals surface area contributed by atoms with Gasteiger partial charge in [-0.3, -0.25) is 0 Å². The first-order valence-electron chi connectivity index (χ1n) is 8.89. The highest BCUT2D eigenvalue weighted by atomic mass is 16.5. The second-order valence-electron chi connectivity index (χ2n) is 6.54. The van der Waals surface area contributed by atoms with Crippen molar-refractivity contribution in [2.45, 2.75) is 25.5 Å². The molecule has 0 saturated carbocycles. The normalized spacial score (nSPS) is 11.7. The van der Waals surface area contributed by atoms with Crippen LogP contribution in [0, 0.1) is 28.6 Å². The molecule has 1 unspecified atom stereocenters. The molecule has 0 fully saturated rings. The molecule has 0 heterocycles. The zero-order valence-corrected chi connectivity index (χ0v) is 16.1. The van der Waals surface area contributed by atoms with Crippen molar-refractivity contribution in [3.8, 4) is 23.6 Å². The Morgan fingerprint density at radius 3 is 2.22 bits per heavy atom. The number of benzene rings is 2. The maximum Gasteiger partial charge on any atom is 0.133 e. The molecule has 140 valence electrons. The molecule has 5 heteroatoms. The van der Waals surface area contributed by atoms with E-state index in [2.05, 4.69) is 4.90 Å². The van der Waals surface area contributed by atoms with Crippen molar-refractivity contribution in [3.05, 3.63) is 59.7 Å². The molecule has 2 aromatic carbocycles. The number of para-hydroxylation sites is 1. The van der Waals surface area contributed by atoms with Crippen molar-refractivity contribution in [2.24, 2.45) is 5.92 Å². The van der Waals surface area contributed by atoms with E-state index in [0.29, 0.717) is 19.4 Å². The van der Waals surface area contributed by atoms with Gasteiger partial charge in [0.05, 0.1) is 19.2 Å². The standard InChI is InChI=1S/C22H25N3O2/c1-25(2)21(13-10-18(14-23)15-24)20-6-4-5-7-22(20)27-16-17-8-11-19(26-3)12-9-17/h4-9,11-12,18,21H,10,13,16H2,1-3H3. The Hall–Kier alpha value is -3.02. The van der Waals surface area contributed by atoms with E-state index in [9.17, 15) is 0 Å². The molecule has 2 aromatic rings. The highest BCUT2D eigenvalue weighted by Gasteiger charge is 2.20. The summed E-state index contributed by atoms with van der Waals surface area (Å²) in [5, 5.41) is 18.1. The first-order valence-corrected chi connectivity index (χ1v) is 8.89. The Balaban J connectivity index is 2.13. The summed E-state index contributed by atoms with van der Waals surface area (Å²) in [7, 11) is 5.64. The van der Waals surface area contributed by atoms with Gasteiger partial charge in [-0.25, -0.2) is 0 Å². The molecule has 0 spiro atoms. The molecule has 2 rings (SSSR count). The molecule has 0 N–H and O–H groups in total. The minimum Gasteiger partial charge on any atom is -0.497 e. The number of hydrogen-bond acceptors (Lipinski definition) is 5. The van der Waals surface area contributed by atoms with Gasteiger partial charge in [0.1, 0.15) is 24.0 Å². The van der Waals surface area contributed by atoms with Crippen LogP contribution >= 0.6 is 0 Å². The summed E-state index contributed by atoms with van der Waals surface area (Å²) in [6.45, 7) is 0.459. The van der Waals surface area contributed by atoms with Crippen LogP contribution in [0.1, 0.15) is 30.0 Å². The van der Waals surface area contributed by atoms with Crippen molar-refractivity contribution >= 4 is 0 Å². The average molecular weight is 363 g/mol. The Morgan fingerprint density at radius 1 is 0.963 bits per heavy atom. The third-order valence-electron chi connectivity index (χ3n) is 4.50. The Morgan fingerprint density at radius 2 is 1.63 bits per heavy atom. The molecule has 27 heavy (non-hydrogen) atoms. The summed E-state index contributed by atoms with van der Waals surface area (Å²) >= 11 is 0. The summed E-state index contributed by atoms with van der Waals surface area (Å²) < 4.78 is 11.3. The molecule has 0 aliphatic heterocycles. The van der Waals surface area contributed by atoms with Gasteiger partial charge in [0, 0.05) is 11.6 Å². The van der Waals surface area contributed by atoms with Crippen molar-refractivity contribution < 1.29 is 9.47 Å². The van der Waals surface area contributed by atoms with Gasteiger partial charge in [-0.1, -0.05) is 30.3 Å². The summed E-state index contributed by atoms with van der Waals surface area (Å²) in [5.74, 6) is 1.05. The number of methoxy groups -OCH3 is 1. The Kier molecular flexibility index (Phi) is 7.67. The monoisotopic (exact) mass is 363 g/mol. The van der Waals surface area contributed by atoms with Crippen LogP contribution in [0.2, 0.25) is 0 Å². The fourth-order valence-corrected chi connectivity index (χ4v) is 2.94. The lowest BCUT2D eigenvalue weighted by atomic mass is 9.95. The predicted octanol–water partition coefficient (Wildman–Crippen LogP) is 4.32. The number of ether oxygens (including phenoxy) is 2. The quantitative estimate of drug-likeness (QED) is 0.663. The van der Waals surface area contributed by atoms with Gasteiger partial charge in [-0.05, 0) is 50.7 Å². The van der Waals surface area contributed by atoms with E-state index in [1.165, 1.54) is 0 Å². The van der Waals surface area contributed by atoms with E-state index in [0.717, 1.165) is 22.6 Å². The Bertz CT molecular complexity index is 790. The predicted molar refractivity (Wildman–Crippen MR) is 104 cm³/mol. The number of nitrogens with zero attached hydrogens (tertiary/aromatic N) is 3. The zero-order valence-electron chi connectivity index (χ0n) is 16.1. The summed E-state index contributed by atoms with van der Waals surface area (Å²) in [5.41, 5.74) is 2.12. The number of rotatable bonds is 9. The van der Waals surface area contributed by atoms with Crippen LogP contribution in [0.4, 0.5) is 0 Å². The molecular formula is C22H25N3O2. The highest BCUT2D eigenvalue weighted by Crippen LogP contribution is 2.32. The molecule has 0 aliphatic rings. The Labute approximate surface area is 161 Å². The lowest BCUT2D eigenvalue weighted by Gasteiger charge is -2.27.